The molecule has 23 heavy (non-hydrogen) atoms. The molecule has 0 aliphatic carbocycles. The largest absolute Gasteiger partial charge is 0.504 e. The van der Waals surface area contributed by atoms with Crippen LogP contribution in [0.2, 0.25) is 0 Å². The summed E-state index contributed by atoms with van der Waals surface area (Å²) < 4.78 is 0. The van der Waals surface area contributed by atoms with Crippen LogP contribution in [0.4, 0.5) is 34.1 Å². The van der Waals surface area contributed by atoms with E-state index in [0.29, 0.717) is 17.1 Å². The van der Waals surface area contributed by atoms with Gasteiger partial charge in [0.1, 0.15) is 5.69 Å². The number of hydrogen-bond acceptors (Lipinski definition) is 5. The van der Waals surface area contributed by atoms with E-state index in [1.165, 1.54) is 0 Å². The van der Waals surface area contributed by atoms with Crippen molar-refractivity contribution in [1.82, 2.24) is 0 Å². The minimum absolute atomic E-state index is 0.0648. The highest BCUT2D eigenvalue weighted by Crippen LogP contribution is 2.43. The standard InChI is InChI=1S/C18H18N4O/c19-14-11-15(21-12-7-3-1-4-8-12)16(20)17(18(14)23)22-13-9-5-2-6-10-13/h1-11,21-23H,19-20H2. The first-order valence-electron chi connectivity index (χ1n) is 7.20. The Morgan fingerprint density at radius 2 is 1.26 bits per heavy atom. The van der Waals surface area contributed by atoms with Crippen LogP contribution in [0.15, 0.2) is 66.7 Å². The van der Waals surface area contributed by atoms with Gasteiger partial charge in [-0.3, -0.25) is 0 Å². The van der Waals surface area contributed by atoms with Crippen LogP contribution in [0.25, 0.3) is 0 Å². The Bertz CT molecular complexity index is 804. The van der Waals surface area contributed by atoms with Crippen molar-refractivity contribution in [2.45, 2.75) is 0 Å². The summed E-state index contributed by atoms with van der Waals surface area (Å²) in [6.07, 6.45) is 0. The molecule has 7 N–H and O–H groups in total. The van der Waals surface area contributed by atoms with E-state index < -0.39 is 0 Å². The summed E-state index contributed by atoms with van der Waals surface area (Å²) in [6, 6.07) is 20.7. The van der Waals surface area contributed by atoms with Crippen molar-refractivity contribution in [1.29, 1.82) is 0 Å². The van der Waals surface area contributed by atoms with Gasteiger partial charge in [0.15, 0.2) is 5.75 Å². The number of benzene rings is 3. The quantitative estimate of drug-likeness (QED) is 0.285. The van der Waals surface area contributed by atoms with Gasteiger partial charge < -0.3 is 27.2 Å². The molecule has 3 aromatic carbocycles. The molecule has 0 aliphatic heterocycles. The first-order chi connectivity index (χ1) is 11.1. The molecule has 0 fully saturated rings. The van der Waals surface area contributed by atoms with Crippen molar-refractivity contribution in [2.24, 2.45) is 0 Å². The van der Waals surface area contributed by atoms with Gasteiger partial charge in [-0.05, 0) is 30.3 Å². The highest BCUT2D eigenvalue weighted by molar-refractivity contribution is 5.93. The van der Waals surface area contributed by atoms with Crippen LogP contribution in [0.3, 0.4) is 0 Å². The van der Waals surface area contributed by atoms with Crippen LogP contribution in [0.1, 0.15) is 0 Å². The predicted octanol–water partition coefficient (Wildman–Crippen LogP) is 4.04. The number of nitrogen functional groups attached to an aromatic ring is 2. The van der Waals surface area contributed by atoms with E-state index in [-0.39, 0.29) is 11.4 Å². The summed E-state index contributed by atoms with van der Waals surface area (Å²) in [6.45, 7) is 0. The normalized spacial score (nSPS) is 10.3. The average Bonchev–Trinajstić information content (AvgIpc) is 2.58. The summed E-state index contributed by atoms with van der Waals surface area (Å²) in [5.74, 6) is -0.0648. The van der Waals surface area contributed by atoms with Crippen molar-refractivity contribution in [3.05, 3.63) is 66.7 Å². The Kier molecular flexibility index (Phi) is 3.93. The van der Waals surface area contributed by atoms with Gasteiger partial charge in [-0.1, -0.05) is 36.4 Å². The third-order valence-electron chi connectivity index (χ3n) is 3.47. The molecule has 3 rings (SSSR count). The SMILES string of the molecule is Nc1cc(Nc2ccccc2)c(N)c(Nc2ccccc2)c1O. The summed E-state index contributed by atoms with van der Waals surface area (Å²) in [7, 11) is 0. The number of rotatable bonds is 4. The lowest BCUT2D eigenvalue weighted by Gasteiger charge is -2.17. The van der Waals surface area contributed by atoms with Gasteiger partial charge in [-0.25, -0.2) is 0 Å². The molecule has 3 aromatic rings. The Hall–Kier alpha value is -3.34. The third-order valence-corrected chi connectivity index (χ3v) is 3.47. The van der Waals surface area contributed by atoms with Gasteiger partial charge in [0.25, 0.3) is 0 Å². The zero-order valence-electron chi connectivity index (χ0n) is 12.5. The molecule has 0 saturated carbocycles. The van der Waals surface area contributed by atoms with Gasteiger partial charge in [0, 0.05) is 11.4 Å². The highest BCUT2D eigenvalue weighted by atomic mass is 16.3. The second kappa shape index (κ2) is 6.19. The fourth-order valence-electron chi connectivity index (χ4n) is 2.28. The Morgan fingerprint density at radius 1 is 0.739 bits per heavy atom. The first-order valence-corrected chi connectivity index (χ1v) is 7.20. The van der Waals surface area contributed by atoms with Gasteiger partial charge in [0.05, 0.1) is 17.1 Å². The number of nitrogens with one attached hydrogen (secondary N) is 2. The topological polar surface area (TPSA) is 96.3 Å². The molecule has 0 heterocycles. The van der Waals surface area contributed by atoms with E-state index in [4.69, 9.17) is 11.5 Å². The minimum atomic E-state index is -0.0648. The van der Waals surface area contributed by atoms with Crippen LogP contribution >= 0.6 is 0 Å². The first kappa shape index (κ1) is 14.6. The van der Waals surface area contributed by atoms with Crippen LogP contribution in [-0.4, -0.2) is 5.11 Å². The molecule has 116 valence electrons. The van der Waals surface area contributed by atoms with Gasteiger partial charge in [-0.2, -0.15) is 0 Å². The van der Waals surface area contributed by atoms with E-state index in [9.17, 15) is 5.11 Å². The number of phenolic OH excluding ortho intramolecular Hbond substituents is 1. The second-order valence-corrected chi connectivity index (χ2v) is 5.13. The highest BCUT2D eigenvalue weighted by Gasteiger charge is 2.15. The van der Waals surface area contributed by atoms with Gasteiger partial charge in [-0.15, -0.1) is 0 Å². The number of phenols is 1. The Labute approximate surface area is 134 Å². The van der Waals surface area contributed by atoms with Crippen molar-refractivity contribution in [3.63, 3.8) is 0 Å². The maximum atomic E-state index is 10.2. The maximum Gasteiger partial charge on any atom is 0.164 e. The maximum absolute atomic E-state index is 10.2. The summed E-state index contributed by atoms with van der Waals surface area (Å²) in [5.41, 5.74) is 15.5. The molecular formula is C18H18N4O. The zero-order valence-corrected chi connectivity index (χ0v) is 12.5. The number of para-hydroxylation sites is 2. The summed E-state index contributed by atoms with van der Waals surface area (Å²) >= 11 is 0. The average molecular weight is 306 g/mol. The molecule has 0 spiro atoms. The van der Waals surface area contributed by atoms with Gasteiger partial charge >= 0.3 is 0 Å². The van der Waals surface area contributed by atoms with E-state index in [1.54, 1.807) is 6.07 Å². The lowest BCUT2D eigenvalue weighted by molar-refractivity contribution is 0.480. The fourth-order valence-corrected chi connectivity index (χ4v) is 2.28. The molecule has 0 bridgehead atoms. The molecular weight excluding hydrogens is 288 g/mol. The third kappa shape index (κ3) is 3.13. The molecule has 5 nitrogen and oxygen atoms in total. The number of nitrogens with two attached hydrogens (primary N) is 2. The van der Waals surface area contributed by atoms with E-state index in [1.807, 2.05) is 60.7 Å². The van der Waals surface area contributed by atoms with Crippen molar-refractivity contribution >= 4 is 34.1 Å². The molecule has 5 heteroatoms. The molecule has 0 unspecified atom stereocenters. The van der Waals surface area contributed by atoms with Gasteiger partial charge in [0.2, 0.25) is 0 Å². The number of hydrogen-bond donors (Lipinski definition) is 5. The molecule has 0 aromatic heterocycles. The van der Waals surface area contributed by atoms with Crippen molar-refractivity contribution in [3.8, 4) is 5.75 Å². The Balaban J connectivity index is 1.99. The molecule has 0 saturated heterocycles. The predicted molar refractivity (Wildman–Crippen MR) is 96.4 cm³/mol. The number of aromatic hydroxyl groups is 1. The minimum Gasteiger partial charge on any atom is -0.504 e. The molecule has 0 radical (unpaired) electrons. The zero-order chi connectivity index (χ0) is 16.2. The molecule has 0 aliphatic rings. The lowest BCUT2D eigenvalue weighted by Crippen LogP contribution is -2.03. The van der Waals surface area contributed by atoms with E-state index >= 15 is 0 Å². The van der Waals surface area contributed by atoms with Crippen molar-refractivity contribution < 1.29 is 5.11 Å². The summed E-state index contributed by atoms with van der Waals surface area (Å²) in [4.78, 5) is 0. The van der Waals surface area contributed by atoms with E-state index in [0.717, 1.165) is 11.4 Å². The van der Waals surface area contributed by atoms with Crippen LogP contribution in [0, 0.1) is 0 Å². The van der Waals surface area contributed by atoms with Crippen molar-refractivity contribution in [2.75, 3.05) is 22.1 Å². The number of anilines is 6. The Morgan fingerprint density at radius 3 is 1.83 bits per heavy atom. The summed E-state index contributed by atoms with van der Waals surface area (Å²) in [5, 5.41) is 16.6. The second-order valence-electron chi connectivity index (χ2n) is 5.13. The molecule has 0 atom stereocenters. The monoisotopic (exact) mass is 306 g/mol. The van der Waals surface area contributed by atoms with Crippen LogP contribution in [0.5, 0.6) is 5.75 Å². The molecule has 0 amide bonds. The van der Waals surface area contributed by atoms with E-state index in [2.05, 4.69) is 10.6 Å². The lowest BCUT2D eigenvalue weighted by atomic mass is 10.1. The smallest absolute Gasteiger partial charge is 0.164 e. The fraction of sp³-hybridized carbons (Fsp3) is 0. The van der Waals surface area contributed by atoms with Crippen LogP contribution in [-0.2, 0) is 0 Å². The van der Waals surface area contributed by atoms with Crippen LogP contribution < -0.4 is 22.1 Å².